The van der Waals surface area contributed by atoms with Gasteiger partial charge in [-0.15, -0.1) is 0 Å². The Morgan fingerprint density at radius 3 is 2.63 bits per heavy atom. The third-order valence-corrected chi connectivity index (χ3v) is 4.40. The molecule has 1 unspecified atom stereocenters. The van der Waals surface area contributed by atoms with E-state index in [4.69, 9.17) is 0 Å². The van der Waals surface area contributed by atoms with Crippen molar-refractivity contribution >= 4 is 44.4 Å². The van der Waals surface area contributed by atoms with Gasteiger partial charge in [-0.2, -0.15) is 0 Å². The highest BCUT2D eigenvalue weighted by Gasteiger charge is 2.13. The minimum absolute atomic E-state index is 0.0164. The molecule has 1 atom stereocenters. The molecule has 0 fully saturated rings. The normalized spacial score (nSPS) is 12.5. The van der Waals surface area contributed by atoms with Gasteiger partial charge < -0.3 is 5.32 Å². The predicted octanol–water partition coefficient (Wildman–Crippen LogP) is 5.00. The molecule has 0 spiro atoms. The van der Waals surface area contributed by atoms with Crippen molar-refractivity contribution < 1.29 is 4.79 Å². The zero-order valence-corrected chi connectivity index (χ0v) is 15.4. The van der Waals surface area contributed by atoms with E-state index in [-0.39, 0.29) is 11.9 Å². The first kappa shape index (κ1) is 17.0. The summed E-state index contributed by atoms with van der Waals surface area (Å²) in [6.45, 7) is 6.53. The summed E-state index contributed by atoms with van der Waals surface area (Å²) < 4.78 is 1.92. The average molecular weight is 438 g/mol. The van der Waals surface area contributed by atoms with E-state index < -0.39 is 0 Å². The highest BCUT2D eigenvalue weighted by Crippen LogP contribution is 2.18. The molecule has 0 heterocycles. The first-order valence-electron chi connectivity index (χ1n) is 6.66. The lowest BCUT2D eigenvalue weighted by Gasteiger charge is -2.15. The molecule has 0 bridgehead atoms. The maximum Gasteiger partial charge on any atom is 0.252 e. The van der Waals surface area contributed by atoms with Crippen LogP contribution >= 0.6 is 38.5 Å². The smallest absolute Gasteiger partial charge is 0.252 e. The Kier molecular flexibility index (Phi) is 7.36. The van der Waals surface area contributed by atoms with Gasteiger partial charge in [0, 0.05) is 14.1 Å². The number of amides is 1. The first-order chi connectivity index (χ1) is 8.90. The molecule has 0 aromatic heterocycles. The van der Waals surface area contributed by atoms with Gasteiger partial charge in [-0.05, 0) is 60.1 Å². The zero-order valence-electron chi connectivity index (χ0n) is 11.7. The molecular weight excluding hydrogens is 417 g/mol. The molecular formula is C15H21BrINO. The zero-order chi connectivity index (χ0) is 14.4. The molecule has 106 valence electrons. The van der Waals surface area contributed by atoms with Crippen molar-refractivity contribution in [1.82, 2.24) is 5.32 Å². The number of halogens is 2. The second-order valence-corrected chi connectivity index (χ2v) is 7.40. The van der Waals surface area contributed by atoms with Crippen molar-refractivity contribution in [3.8, 4) is 0 Å². The number of benzene rings is 1. The van der Waals surface area contributed by atoms with Crippen LogP contribution in [0, 0.1) is 9.49 Å². The van der Waals surface area contributed by atoms with Gasteiger partial charge >= 0.3 is 0 Å². The number of rotatable bonds is 6. The van der Waals surface area contributed by atoms with Crippen molar-refractivity contribution in [2.45, 2.75) is 46.1 Å². The van der Waals surface area contributed by atoms with E-state index in [0.29, 0.717) is 0 Å². The highest BCUT2D eigenvalue weighted by molar-refractivity contribution is 14.1. The standard InChI is InChI=1S/C15H21BrINO/c1-10(2)5-4-6-11(3)18-15(19)13-9-12(16)7-8-14(13)17/h7-11H,4-6H2,1-3H3,(H,18,19). The minimum Gasteiger partial charge on any atom is -0.350 e. The topological polar surface area (TPSA) is 29.1 Å². The van der Waals surface area contributed by atoms with Gasteiger partial charge in [-0.3, -0.25) is 4.79 Å². The van der Waals surface area contributed by atoms with Crippen LogP contribution in [0.15, 0.2) is 22.7 Å². The van der Waals surface area contributed by atoms with Crippen molar-refractivity contribution in [3.63, 3.8) is 0 Å². The quantitative estimate of drug-likeness (QED) is 0.623. The van der Waals surface area contributed by atoms with Crippen LogP contribution in [0.3, 0.4) is 0 Å². The fraction of sp³-hybridized carbons (Fsp3) is 0.533. The van der Waals surface area contributed by atoms with Crippen LogP contribution in [-0.2, 0) is 0 Å². The molecule has 0 saturated carbocycles. The molecule has 0 radical (unpaired) electrons. The van der Waals surface area contributed by atoms with Crippen LogP contribution in [0.1, 0.15) is 50.4 Å². The summed E-state index contributed by atoms with van der Waals surface area (Å²) in [6, 6.07) is 5.99. The summed E-state index contributed by atoms with van der Waals surface area (Å²) in [4.78, 5) is 12.2. The molecule has 0 saturated heterocycles. The van der Waals surface area contributed by atoms with E-state index in [1.807, 2.05) is 18.2 Å². The van der Waals surface area contributed by atoms with Crippen molar-refractivity contribution in [2.75, 3.05) is 0 Å². The third kappa shape index (κ3) is 6.25. The molecule has 2 nitrogen and oxygen atoms in total. The molecule has 4 heteroatoms. The van der Waals surface area contributed by atoms with Gasteiger partial charge in [0.05, 0.1) is 5.56 Å². The van der Waals surface area contributed by atoms with E-state index in [2.05, 4.69) is 64.6 Å². The molecule has 19 heavy (non-hydrogen) atoms. The summed E-state index contributed by atoms with van der Waals surface area (Å²) in [5.74, 6) is 0.747. The molecule has 0 aliphatic heterocycles. The maximum absolute atomic E-state index is 12.2. The summed E-state index contributed by atoms with van der Waals surface area (Å²) in [7, 11) is 0. The largest absolute Gasteiger partial charge is 0.350 e. The Morgan fingerprint density at radius 1 is 1.32 bits per heavy atom. The van der Waals surface area contributed by atoms with Crippen molar-refractivity contribution in [3.05, 3.63) is 31.8 Å². The SMILES string of the molecule is CC(C)CCCC(C)NC(=O)c1cc(Br)ccc1I. The Labute approximate surface area is 138 Å². The number of nitrogens with one attached hydrogen (secondary N) is 1. The van der Waals surface area contributed by atoms with Gasteiger partial charge in [0.25, 0.3) is 5.91 Å². The second-order valence-electron chi connectivity index (χ2n) is 5.32. The number of hydrogen-bond donors (Lipinski definition) is 1. The van der Waals surface area contributed by atoms with E-state index in [0.717, 1.165) is 32.4 Å². The number of carbonyl (C=O) groups is 1. The molecule has 1 amide bonds. The van der Waals surface area contributed by atoms with Crippen LogP contribution in [0.5, 0.6) is 0 Å². The first-order valence-corrected chi connectivity index (χ1v) is 8.53. The third-order valence-electron chi connectivity index (χ3n) is 2.97. The fourth-order valence-corrected chi connectivity index (χ4v) is 2.82. The van der Waals surface area contributed by atoms with Crippen molar-refractivity contribution in [2.24, 2.45) is 5.92 Å². The van der Waals surface area contributed by atoms with E-state index in [1.54, 1.807) is 0 Å². The predicted molar refractivity (Wildman–Crippen MR) is 92.5 cm³/mol. The van der Waals surface area contributed by atoms with Crippen LogP contribution in [0.2, 0.25) is 0 Å². The van der Waals surface area contributed by atoms with Crippen LogP contribution in [-0.4, -0.2) is 11.9 Å². The Morgan fingerprint density at radius 2 is 2.00 bits per heavy atom. The van der Waals surface area contributed by atoms with Gasteiger partial charge in [-0.25, -0.2) is 0 Å². The Hall–Kier alpha value is -0.100. The lowest BCUT2D eigenvalue weighted by Crippen LogP contribution is -2.33. The molecule has 0 aliphatic carbocycles. The summed E-state index contributed by atoms with van der Waals surface area (Å²) in [5.41, 5.74) is 0.741. The molecule has 0 aliphatic rings. The Bertz CT molecular complexity index is 434. The number of hydrogen-bond acceptors (Lipinski definition) is 1. The number of carbonyl (C=O) groups excluding carboxylic acids is 1. The molecule has 1 rings (SSSR count). The van der Waals surface area contributed by atoms with E-state index in [1.165, 1.54) is 6.42 Å². The molecule has 1 aromatic carbocycles. The van der Waals surface area contributed by atoms with Crippen LogP contribution in [0.25, 0.3) is 0 Å². The fourth-order valence-electron chi connectivity index (χ4n) is 1.88. The van der Waals surface area contributed by atoms with Gasteiger partial charge in [0.2, 0.25) is 0 Å². The monoisotopic (exact) mass is 437 g/mol. The van der Waals surface area contributed by atoms with E-state index in [9.17, 15) is 4.79 Å². The maximum atomic E-state index is 12.2. The summed E-state index contributed by atoms with van der Waals surface area (Å²) in [6.07, 6.45) is 3.41. The van der Waals surface area contributed by atoms with Gasteiger partial charge in [-0.1, -0.05) is 42.6 Å². The average Bonchev–Trinajstić information content (AvgIpc) is 2.31. The summed E-state index contributed by atoms with van der Waals surface area (Å²) in [5, 5.41) is 3.07. The lowest BCUT2D eigenvalue weighted by molar-refractivity contribution is 0.0937. The van der Waals surface area contributed by atoms with Crippen molar-refractivity contribution in [1.29, 1.82) is 0 Å². The summed E-state index contributed by atoms with van der Waals surface area (Å²) >= 11 is 5.60. The Balaban J connectivity index is 2.52. The van der Waals surface area contributed by atoms with E-state index >= 15 is 0 Å². The molecule has 1 aromatic rings. The highest BCUT2D eigenvalue weighted by atomic mass is 127. The van der Waals surface area contributed by atoms with Crippen LogP contribution in [0.4, 0.5) is 0 Å². The second kappa shape index (κ2) is 8.25. The lowest BCUT2D eigenvalue weighted by atomic mass is 10.0. The molecule has 1 N–H and O–H groups in total. The van der Waals surface area contributed by atoms with Gasteiger partial charge in [0.1, 0.15) is 0 Å². The van der Waals surface area contributed by atoms with Gasteiger partial charge in [0.15, 0.2) is 0 Å². The minimum atomic E-state index is 0.0164. The van der Waals surface area contributed by atoms with Crippen LogP contribution < -0.4 is 5.32 Å².